The van der Waals surface area contributed by atoms with Crippen LogP contribution in [-0.4, -0.2) is 29.3 Å². The van der Waals surface area contributed by atoms with E-state index in [2.05, 4.69) is 36.0 Å². The zero-order valence-electron chi connectivity index (χ0n) is 19.2. The second-order valence-electron chi connectivity index (χ2n) is 8.18. The summed E-state index contributed by atoms with van der Waals surface area (Å²) in [5, 5.41) is 4.31. The molecule has 0 spiro atoms. The first-order valence-corrected chi connectivity index (χ1v) is 11.4. The molecule has 0 bridgehead atoms. The molecule has 0 amide bonds. The Bertz CT molecular complexity index is 1380. The SMILES string of the molecule is Cc1cnc(-c2ccnc(C(C)C)n2)cc1-n1c(C)cc(OCc2ccn(C)n2)c(Br)c1=O. The maximum atomic E-state index is 13.3. The van der Waals surface area contributed by atoms with Crippen molar-refractivity contribution in [3.8, 4) is 22.8 Å². The minimum absolute atomic E-state index is 0.203. The zero-order valence-corrected chi connectivity index (χ0v) is 20.8. The fourth-order valence-corrected chi connectivity index (χ4v) is 3.87. The van der Waals surface area contributed by atoms with E-state index in [0.29, 0.717) is 15.9 Å². The van der Waals surface area contributed by atoms with Gasteiger partial charge >= 0.3 is 0 Å². The molecule has 0 aliphatic heterocycles. The smallest absolute Gasteiger partial charge is 0.273 e. The van der Waals surface area contributed by atoms with Crippen LogP contribution in [0.5, 0.6) is 5.75 Å². The van der Waals surface area contributed by atoms with Gasteiger partial charge in [-0.25, -0.2) is 9.97 Å². The summed E-state index contributed by atoms with van der Waals surface area (Å²) in [6.45, 7) is 8.17. The van der Waals surface area contributed by atoms with Crippen molar-refractivity contribution in [2.24, 2.45) is 7.05 Å². The topological polar surface area (TPSA) is 87.7 Å². The summed E-state index contributed by atoms with van der Waals surface area (Å²) in [7, 11) is 1.85. The standard InChI is InChI=1S/C24H25BrN6O2/c1-14(2)23-26-8-6-18(28-23)19-11-20(15(3)12-27-19)31-16(4)10-21(22(25)24(31)32)33-13-17-7-9-30(5)29-17/h6-12,14H,13H2,1-5H3. The van der Waals surface area contributed by atoms with Crippen LogP contribution in [-0.2, 0) is 13.7 Å². The van der Waals surface area contributed by atoms with E-state index in [1.165, 1.54) is 0 Å². The number of hydrogen-bond donors (Lipinski definition) is 0. The van der Waals surface area contributed by atoms with Crippen LogP contribution >= 0.6 is 15.9 Å². The molecule has 8 nitrogen and oxygen atoms in total. The molecule has 0 aromatic carbocycles. The monoisotopic (exact) mass is 508 g/mol. The molecule has 4 aromatic heterocycles. The Morgan fingerprint density at radius 3 is 2.61 bits per heavy atom. The van der Waals surface area contributed by atoms with Crippen molar-refractivity contribution < 1.29 is 4.74 Å². The Hall–Kier alpha value is -3.33. The van der Waals surface area contributed by atoms with Gasteiger partial charge in [-0.3, -0.25) is 19.0 Å². The van der Waals surface area contributed by atoms with Gasteiger partial charge in [-0.2, -0.15) is 5.10 Å². The Morgan fingerprint density at radius 1 is 1.12 bits per heavy atom. The number of hydrogen-bond acceptors (Lipinski definition) is 6. The number of halogens is 1. The third-order valence-corrected chi connectivity index (χ3v) is 5.94. The van der Waals surface area contributed by atoms with Crippen molar-refractivity contribution in [1.29, 1.82) is 0 Å². The molecule has 4 aromatic rings. The maximum absolute atomic E-state index is 13.3. The fourth-order valence-electron chi connectivity index (χ4n) is 3.47. The highest BCUT2D eigenvalue weighted by atomic mass is 79.9. The maximum Gasteiger partial charge on any atom is 0.273 e. The van der Waals surface area contributed by atoms with E-state index < -0.39 is 0 Å². The van der Waals surface area contributed by atoms with Crippen molar-refractivity contribution >= 4 is 15.9 Å². The summed E-state index contributed by atoms with van der Waals surface area (Å²) in [6, 6.07) is 7.43. The number of nitrogens with zero attached hydrogens (tertiary/aromatic N) is 6. The van der Waals surface area contributed by atoms with E-state index in [9.17, 15) is 4.79 Å². The van der Waals surface area contributed by atoms with Crippen molar-refractivity contribution in [3.63, 3.8) is 0 Å². The molecular formula is C24H25BrN6O2. The van der Waals surface area contributed by atoms with Crippen LogP contribution in [0.2, 0.25) is 0 Å². The summed E-state index contributed by atoms with van der Waals surface area (Å²) in [5.74, 6) is 1.43. The third kappa shape index (κ3) is 4.73. The number of ether oxygens (including phenoxy) is 1. The Balaban J connectivity index is 1.73. The van der Waals surface area contributed by atoms with Crippen molar-refractivity contribution in [2.75, 3.05) is 0 Å². The van der Waals surface area contributed by atoms with Gasteiger partial charge in [-0.15, -0.1) is 0 Å². The molecule has 0 aliphatic rings. The van der Waals surface area contributed by atoms with E-state index >= 15 is 0 Å². The lowest BCUT2D eigenvalue weighted by Gasteiger charge is -2.16. The normalized spacial score (nSPS) is 11.2. The van der Waals surface area contributed by atoms with Crippen molar-refractivity contribution in [2.45, 2.75) is 40.2 Å². The van der Waals surface area contributed by atoms with Crippen LogP contribution in [0.25, 0.3) is 17.1 Å². The number of aromatic nitrogens is 6. The molecule has 0 saturated carbocycles. The summed E-state index contributed by atoms with van der Waals surface area (Å²) >= 11 is 3.43. The molecule has 0 aliphatic carbocycles. The quantitative estimate of drug-likeness (QED) is 0.380. The van der Waals surface area contributed by atoms with Crippen LogP contribution in [0, 0.1) is 13.8 Å². The van der Waals surface area contributed by atoms with E-state index in [0.717, 1.165) is 34.2 Å². The van der Waals surface area contributed by atoms with Gasteiger partial charge in [-0.1, -0.05) is 13.8 Å². The Morgan fingerprint density at radius 2 is 1.91 bits per heavy atom. The first kappa shape index (κ1) is 22.8. The highest BCUT2D eigenvalue weighted by Crippen LogP contribution is 2.27. The largest absolute Gasteiger partial charge is 0.486 e. The Labute approximate surface area is 200 Å². The molecule has 0 saturated heterocycles. The highest BCUT2D eigenvalue weighted by Gasteiger charge is 2.17. The molecular weight excluding hydrogens is 484 g/mol. The van der Waals surface area contributed by atoms with Gasteiger partial charge in [0.15, 0.2) is 0 Å². The van der Waals surface area contributed by atoms with Gasteiger partial charge in [0.2, 0.25) is 0 Å². The van der Waals surface area contributed by atoms with Gasteiger partial charge in [0, 0.05) is 43.3 Å². The van der Waals surface area contributed by atoms with Crippen molar-refractivity contribution in [3.05, 3.63) is 80.5 Å². The first-order valence-electron chi connectivity index (χ1n) is 10.6. The molecule has 9 heteroatoms. The summed E-state index contributed by atoms with van der Waals surface area (Å²) < 4.78 is 9.60. The first-order chi connectivity index (χ1) is 15.7. The minimum Gasteiger partial charge on any atom is -0.486 e. The molecule has 0 unspecified atom stereocenters. The van der Waals surface area contributed by atoms with E-state index in [-0.39, 0.29) is 18.1 Å². The predicted molar refractivity (Wildman–Crippen MR) is 130 cm³/mol. The third-order valence-electron chi connectivity index (χ3n) is 5.21. The van der Waals surface area contributed by atoms with Gasteiger partial charge in [0.25, 0.3) is 5.56 Å². The zero-order chi connectivity index (χ0) is 23.7. The molecule has 0 N–H and O–H groups in total. The Kier molecular flexibility index (Phi) is 6.42. The average molecular weight is 509 g/mol. The lowest BCUT2D eigenvalue weighted by atomic mass is 10.1. The van der Waals surface area contributed by atoms with Crippen LogP contribution < -0.4 is 10.3 Å². The van der Waals surface area contributed by atoms with Crippen LogP contribution in [0.1, 0.15) is 42.5 Å². The molecule has 33 heavy (non-hydrogen) atoms. The minimum atomic E-state index is -0.211. The van der Waals surface area contributed by atoms with Crippen LogP contribution in [0.3, 0.4) is 0 Å². The van der Waals surface area contributed by atoms with E-state index in [4.69, 9.17) is 4.74 Å². The lowest BCUT2D eigenvalue weighted by molar-refractivity contribution is 0.296. The molecule has 4 heterocycles. The van der Waals surface area contributed by atoms with Crippen molar-refractivity contribution in [1.82, 2.24) is 29.3 Å². The lowest BCUT2D eigenvalue weighted by Crippen LogP contribution is -2.23. The van der Waals surface area contributed by atoms with Gasteiger partial charge in [0.05, 0.1) is 22.8 Å². The van der Waals surface area contributed by atoms with Crippen LogP contribution in [0.15, 0.2) is 52.1 Å². The number of aryl methyl sites for hydroxylation is 3. The highest BCUT2D eigenvalue weighted by molar-refractivity contribution is 9.10. The van der Waals surface area contributed by atoms with Crippen LogP contribution in [0.4, 0.5) is 0 Å². The molecule has 0 radical (unpaired) electrons. The van der Waals surface area contributed by atoms with Gasteiger partial charge < -0.3 is 4.74 Å². The molecule has 0 atom stereocenters. The number of pyridine rings is 2. The van der Waals surface area contributed by atoms with E-state index in [1.54, 1.807) is 21.6 Å². The van der Waals surface area contributed by atoms with Gasteiger partial charge in [-0.05, 0) is 53.5 Å². The summed E-state index contributed by atoms with van der Waals surface area (Å²) in [4.78, 5) is 26.9. The average Bonchev–Trinajstić information content (AvgIpc) is 3.21. The fraction of sp³-hybridized carbons (Fsp3) is 0.292. The summed E-state index contributed by atoms with van der Waals surface area (Å²) in [5.41, 5.74) is 4.32. The predicted octanol–water partition coefficient (Wildman–Crippen LogP) is 4.50. The molecule has 4 rings (SSSR count). The molecule has 0 fully saturated rings. The van der Waals surface area contributed by atoms with Gasteiger partial charge in [0.1, 0.15) is 22.7 Å². The second kappa shape index (κ2) is 9.27. The van der Waals surface area contributed by atoms with E-state index in [1.807, 2.05) is 65.2 Å². The summed E-state index contributed by atoms with van der Waals surface area (Å²) in [6.07, 6.45) is 5.34. The second-order valence-corrected chi connectivity index (χ2v) is 8.98. The molecule has 170 valence electrons. The number of rotatable bonds is 6.